The summed E-state index contributed by atoms with van der Waals surface area (Å²) in [7, 11) is 0. The molecule has 0 saturated heterocycles. The Hall–Kier alpha value is -5.86. The third kappa shape index (κ3) is 4.77. The van der Waals surface area contributed by atoms with E-state index in [-0.39, 0.29) is 0 Å². The van der Waals surface area contributed by atoms with Gasteiger partial charge in [0.25, 0.3) is 0 Å². The van der Waals surface area contributed by atoms with E-state index >= 15 is 0 Å². The lowest BCUT2D eigenvalue weighted by molar-refractivity contribution is 1.18. The van der Waals surface area contributed by atoms with Gasteiger partial charge in [-0.2, -0.15) is 0 Å². The van der Waals surface area contributed by atoms with E-state index < -0.39 is 0 Å². The Bertz CT molecular complexity index is 2300. The zero-order valence-corrected chi connectivity index (χ0v) is 25.1. The first-order valence-electron chi connectivity index (χ1n) is 15.5. The minimum absolute atomic E-state index is 1.12. The number of hydrogen-bond acceptors (Lipinski definition) is 1. The lowest BCUT2D eigenvalue weighted by atomic mass is 9.98. The summed E-state index contributed by atoms with van der Waals surface area (Å²) in [6.07, 6.45) is 4.22. The molecule has 7 aromatic carbocycles. The van der Waals surface area contributed by atoms with Crippen molar-refractivity contribution in [3.05, 3.63) is 176 Å². The summed E-state index contributed by atoms with van der Waals surface area (Å²) in [4.78, 5) is 2.24. The Morgan fingerprint density at radius 1 is 0.467 bits per heavy atom. The average molecular weight is 577 g/mol. The van der Waals surface area contributed by atoms with E-state index in [4.69, 9.17) is 0 Å². The molecule has 214 valence electrons. The highest BCUT2D eigenvalue weighted by molar-refractivity contribution is 6.10. The number of para-hydroxylation sites is 2. The van der Waals surface area contributed by atoms with Crippen LogP contribution in [-0.2, 0) is 0 Å². The van der Waals surface area contributed by atoms with E-state index in [9.17, 15) is 0 Å². The molecule has 0 spiro atoms. The fraction of sp³-hybridized carbons (Fsp3) is 0.0233. The second-order valence-electron chi connectivity index (χ2n) is 11.4. The molecule has 0 bridgehead atoms. The number of anilines is 2. The number of benzene rings is 7. The summed E-state index contributed by atoms with van der Waals surface area (Å²) in [6.45, 7) is 2.06. The lowest BCUT2D eigenvalue weighted by Crippen LogP contribution is -2.08. The summed E-state index contributed by atoms with van der Waals surface area (Å²) in [5.74, 6) is 0. The lowest BCUT2D eigenvalue weighted by Gasteiger charge is -2.21. The molecule has 1 heterocycles. The molecule has 45 heavy (non-hydrogen) atoms. The van der Waals surface area contributed by atoms with Crippen molar-refractivity contribution in [2.24, 2.45) is 0 Å². The van der Waals surface area contributed by atoms with E-state index in [1.54, 1.807) is 0 Å². The number of allylic oxidation sites excluding steroid dienone is 1. The maximum atomic E-state index is 2.36. The highest BCUT2D eigenvalue weighted by Crippen LogP contribution is 2.36. The van der Waals surface area contributed by atoms with Crippen LogP contribution >= 0.6 is 0 Å². The molecule has 2 heteroatoms. The zero-order valence-electron chi connectivity index (χ0n) is 25.1. The molecule has 0 atom stereocenters. The van der Waals surface area contributed by atoms with Gasteiger partial charge in [0.2, 0.25) is 0 Å². The van der Waals surface area contributed by atoms with Crippen molar-refractivity contribution in [2.75, 3.05) is 4.90 Å². The Labute approximate surface area is 263 Å². The number of hydrogen-bond donors (Lipinski definition) is 0. The number of nitrogens with zero attached hydrogens (tertiary/aromatic N) is 2. The van der Waals surface area contributed by atoms with Crippen LogP contribution in [0.1, 0.15) is 6.92 Å². The molecule has 0 fully saturated rings. The van der Waals surface area contributed by atoms with Crippen LogP contribution in [0.2, 0.25) is 0 Å². The van der Waals surface area contributed by atoms with Crippen LogP contribution in [-0.4, -0.2) is 4.57 Å². The van der Waals surface area contributed by atoms with Gasteiger partial charge in [-0.3, -0.25) is 0 Å². The van der Waals surface area contributed by atoms with Gasteiger partial charge in [0.15, 0.2) is 0 Å². The van der Waals surface area contributed by atoms with Crippen LogP contribution in [0.15, 0.2) is 176 Å². The van der Waals surface area contributed by atoms with Gasteiger partial charge in [-0.15, -0.1) is 0 Å². The van der Waals surface area contributed by atoms with Gasteiger partial charge in [0.1, 0.15) is 0 Å². The number of fused-ring (bicyclic) bond motifs is 4. The van der Waals surface area contributed by atoms with Gasteiger partial charge >= 0.3 is 0 Å². The van der Waals surface area contributed by atoms with Crippen LogP contribution in [0.25, 0.3) is 60.5 Å². The molecule has 0 radical (unpaired) electrons. The molecule has 0 unspecified atom stereocenters. The first-order valence-corrected chi connectivity index (χ1v) is 15.5. The minimum atomic E-state index is 1.12. The van der Waals surface area contributed by atoms with Crippen LogP contribution in [0.4, 0.5) is 11.4 Å². The minimum Gasteiger partial charge on any atom is -0.318 e. The predicted molar refractivity (Wildman–Crippen MR) is 193 cm³/mol. The third-order valence-electron chi connectivity index (χ3n) is 8.71. The molecule has 0 aliphatic heterocycles. The Kier molecular flexibility index (Phi) is 6.73. The summed E-state index contributed by atoms with van der Waals surface area (Å²) in [5, 5.41) is 5.06. The van der Waals surface area contributed by atoms with E-state index in [1.807, 2.05) is 0 Å². The van der Waals surface area contributed by atoms with E-state index in [0.29, 0.717) is 0 Å². The summed E-state index contributed by atoms with van der Waals surface area (Å²) >= 11 is 0. The van der Waals surface area contributed by atoms with Crippen molar-refractivity contribution in [1.82, 2.24) is 4.57 Å². The summed E-state index contributed by atoms with van der Waals surface area (Å²) in [5.41, 5.74) is 10.7. The Morgan fingerprint density at radius 3 is 1.82 bits per heavy atom. The first-order chi connectivity index (χ1) is 22.3. The molecule has 8 aromatic rings. The van der Waals surface area contributed by atoms with Crippen molar-refractivity contribution in [2.45, 2.75) is 6.92 Å². The standard InChI is InChI=1S/C43H32N2/c1-2-29-44(36-26-21-33(22-27-36)39-17-10-12-32-11-6-7-15-38(32)39)35-24-19-31(20-25-35)34-23-28-43-41(30-34)40-16-8-9-18-42(40)45(43)37-13-4-3-5-14-37/h2-30H,1H3/b29-2+. The second kappa shape index (κ2) is 11.3. The molecular weight excluding hydrogens is 544 g/mol. The smallest absolute Gasteiger partial charge is 0.0541 e. The molecule has 0 amide bonds. The molecular formula is C43H32N2. The van der Waals surface area contributed by atoms with E-state index in [0.717, 1.165) is 11.4 Å². The van der Waals surface area contributed by atoms with Crippen LogP contribution in [0, 0.1) is 0 Å². The molecule has 0 N–H and O–H groups in total. The van der Waals surface area contributed by atoms with Crippen molar-refractivity contribution in [3.8, 4) is 27.9 Å². The fourth-order valence-electron chi connectivity index (χ4n) is 6.57. The van der Waals surface area contributed by atoms with Gasteiger partial charge in [-0.05, 0) is 94.5 Å². The van der Waals surface area contributed by atoms with Gasteiger partial charge in [-0.25, -0.2) is 0 Å². The molecule has 0 aliphatic carbocycles. The van der Waals surface area contributed by atoms with Gasteiger partial charge in [0.05, 0.1) is 11.0 Å². The van der Waals surface area contributed by atoms with Crippen molar-refractivity contribution in [3.63, 3.8) is 0 Å². The highest BCUT2D eigenvalue weighted by atomic mass is 15.1. The van der Waals surface area contributed by atoms with Crippen LogP contribution in [0.3, 0.4) is 0 Å². The molecule has 8 rings (SSSR count). The Morgan fingerprint density at radius 2 is 1.07 bits per heavy atom. The summed E-state index contributed by atoms with van der Waals surface area (Å²) in [6, 6.07) is 59.0. The quantitative estimate of drug-likeness (QED) is 0.191. The van der Waals surface area contributed by atoms with Gasteiger partial charge in [-0.1, -0.05) is 115 Å². The topological polar surface area (TPSA) is 8.17 Å². The zero-order chi connectivity index (χ0) is 30.2. The fourth-order valence-corrected chi connectivity index (χ4v) is 6.57. The molecule has 0 saturated carbocycles. The van der Waals surface area contributed by atoms with E-state index in [1.165, 1.54) is 60.5 Å². The van der Waals surface area contributed by atoms with E-state index in [2.05, 4.69) is 192 Å². The maximum absolute atomic E-state index is 2.36. The maximum Gasteiger partial charge on any atom is 0.0541 e. The van der Waals surface area contributed by atoms with Crippen molar-refractivity contribution in [1.29, 1.82) is 0 Å². The van der Waals surface area contributed by atoms with Crippen molar-refractivity contribution >= 4 is 44.0 Å². The van der Waals surface area contributed by atoms with Crippen molar-refractivity contribution < 1.29 is 0 Å². The largest absolute Gasteiger partial charge is 0.318 e. The highest BCUT2D eigenvalue weighted by Gasteiger charge is 2.14. The summed E-state index contributed by atoms with van der Waals surface area (Å²) < 4.78 is 2.36. The third-order valence-corrected chi connectivity index (χ3v) is 8.71. The average Bonchev–Trinajstić information content (AvgIpc) is 3.45. The van der Waals surface area contributed by atoms with Crippen LogP contribution in [0.5, 0.6) is 0 Å². The second-order valence-corrected chi connectivity index (χ2v) is 11.4. The van der Waals surface area contributed by atoms with Gasteiger partial charge < -0.3 is 9.47 Å². The molecule has 2 nitrogen and oxygen atoms in total. The SMILES string of the molecule is C/C=C/N(c1ccc(-c2ccc3c(c2)c2ccccc2n3-c2ccccc2)cc1)c1ccc(-c2cccc3ccccc23)cc1. The first kappa shape index (κ1) is 26.7. The Balaban J connectivity index is 1.13. The van der Waals surface area contributed by atoms with Gasteiger partial charge in [0, 0.05) is 34.0 Å². The normalized spacial score (nSPS) is 11.6. The molecule has 0 aliphatic rings. The predicted octanol–water partition coefficient (Wildman–Crippen LogP) is 11.9. The van der Waals surface area contributed by atoms with Crippen LogP contribution < -0.4 is 4.90 Å². The number of rotatable bonds is 6. The molecule has 1 aromatic heterocycles. The number of aromatic nitrogens is 1. The monoisotopic (exact) mass is 576 g/mol.